The van der Waals surface area contributed by atoms with E-state index in [4.69, 9.17) is 10.5 Å². The summed E-state index contributed by atoms with van der Waals surface area (Å²) in [4.78, 5) is 7.39. The molecule has 0 amide bonds. The second kappa shape index (κ2) is 6.01. The molecule has 0 unspecified atom stereocenters. The third-order valence-electron chi connectivity index (χ3n) is 2.62. The Morgan fingerprint density at radius 3 is 2.35 bits per heavy atom. The lowest BCUT2D eigenvalue weighted by Gasteiger charge is -2.05. The molecule has 0 bridgehead atoms. The van der Waals surface area contributed by atoms with Crippen LogP contribution in [0.5, 0.6) is 0 Å². The summed E-state index contributed by atoms with van der Waals surface area (Å²) in [5.41, 5.74) is 2.01. The first-order chi connectivity index (χ1) is 9.63. The number of anilines is 1. The zero-order valence-electron chi connectivity index (χ0n) is 11.2. The number of hydrogen-bond acceptors (Lipinski definition) is 5. The number of nitriles is 2. The molecule has 0 N–H and O–H groups in total. The molecule has 0 saturated carbocycles. The van der Waals surface area contributed by atoms with Gasteiger partial charge in [-0.1, -0.05) is 35.6 Å². The fourth-order valence-corrected chi connectivity index (χ4v) is 2.45. The molecule has 1 aromatic heterocycles. The number of aromatic nitrogens is 1. The lowest BCUT2D eigenvalue weighted by atomic mass is 10.1. The molecule has 2 aromatic rings. The van der Waals surface area contributed by atoms with E-state index in [1.54, 1.807) is 17.4 Å². The van der Waals surface area contributed by atoms with Crippen LogP contribution < -0.4 is 4.90 Å². The molecule has 98 valence electrons. The Kier molecular flexibility index (Phi) is 4.14. The van der Waals surface area contributed by atoms with Gasteiger partial charge in [-0.25, -0.2) is 4.98 Å². The van der Waals surface area contributed by atoms with Crippen LogP contribution in [0.3, 0.4) is 0 Å². The zero-order valence-corrected chi connectivity index (χ0v) is 12.0. The van der Waals surface area contributed by atoms with Crippen LogP contribution in [0.15, 0.2) is 36.0 Å². The zero-order chi connectivity index (χ0) is 14.5. The number of nitrogens with zero attached hydrogens (tertiary/aromatic N) is 4. The van der Waals surface area contributed by atoms with Gasteiger partial charge in [0.1, 0.15) is 17.7 Å². The molecule has 0 fully saturated rings. The maximum Gasteiger partial charge on any atom is 0.185 e. The Morgan fingerprint density at radius 2 is 1.85 bits per heavy atom. The van der Waals surface area contributed by atoms with Crippen molar-refractivity contribution in [3.63, 3.8) is 0 Å². The van der Waals surface area contributed by atoms with Crippen molar-refractivity contribution in [3.8, 4) is 22.6 Å². The van der Waals surface area contributed by atoms with Crippen LogP contribution >= 0.6 is 11.3 Å². The third kappa shape index (κ3) is 3.03. The molecule has 4 nitrogen and oxygen atoms in total. The van der Waals surface area contributed by atoms with Gasteiger partial charge in [0.15, 0.2) is 5.13 Å². The van der Waals surface area contributed by atoms with Crippen molar-refractivity contribution >= 4 is 22.5 Å². The molecular formula is C15H12N4S. The quantitative estimate of drug-likeness (QED) is 0.809. The summed E-state index contributed by atoms with van der Waals surface area (Å²) >= 11 is 1.62. The summed E-state index contributed by atoms with van der Waals surface area (Å²) in [5, 5.41) is 18.4. The molecule has 0 saturated heterocycles. The molecule has 2 rings (SSSR count). The average Bonchev–Trinajstić information content (AvgIpc) is 2.95. The Hall–Kier alpha value is -2.63. The molecule has 0 spiro atoms. The average molecular weight is 280 g/mol. The fraction of sp³-hybridized carbons (Fsp3) is 0.133. The summed E-state index contributed by atoms with van der Waals surface area (Å²) in [6.07, 6.45) is 3.42. The molecule has 0 aliphatic carbocycles. The number of thiazole rings is 1. The van der Waals surface area contributed by atoms with Gasteiger partial charge in [-0.15, -0.1) is 0 Å². The lowest BCUT2D eigenvalue weighted by molar-refractivity contribution is 1.11. The smallest absolute Gasteiger partial charge is 0.185 e. The van der Waals surface area contributed by atoms with Crippen molar-refractivity contribution in [2.45, 2.75) is 0 Å². The SMILES string of the molecule is CN(C)c1ncc(-c2ccc(C=C(C#N)C#N)cc2)s1. The van der Waals surface area contributed by atoms with Crippen LogP contribution in [0, 0.1) is 22.7 Å². The van der Waals surface area contributed by atoms with E-state index in [-0.39, 0.29) is 5.57 Å². The summed E-state index contributed by atoms with van der Waals surface area (Å²) in [5.74, 6) is 0. The number of hydrogen-bond donors (Lipinski definition) is 0. The number of benzene rings is 1. The fourth-order valence-electron chi connectivity index (χ4n) is 1.60. The maximum absolute atomic E-state index is 8.72. The summed E-state index contributed by atoms with van der Waals surface area (Å²) in [6, 6.07) is 11.4. The molecular weight excluding hydrogens is 268 g/mol. The summed E-state index contributed by atoms with van der Waals surface area (Å²) in [7, 11) is 3.92. The van der Waals surface area contributed by atoms with E-state index in [1.807, 2.05) is 61.6 Å². The van der Waals surface area contributed by atoms with Gasteiger partial charge < -0.3 is 4.90 Å². The molecule has 1 aromatic carbocycles. The summed E-state index contributed by atoms with van der Waals surface area (Å²) in [6.45, 7) is 0. The molecule has 0 aliphatic heterocycles. The van der Waals surface area contributed by atoms with E-state index in [0.29, 0.717) is 0 Å². The van der Waals surface area contributed by atoms with E-state index in [2.05, 4.69) is 4.98 Å². The standard InChI is InChI=1S/C15H12N4S/c1-19(2)15-18-10-14(20-15)13-5-3-11(4-6-13)7-12(8-16)9-17/h3-7,10H,1-2H3. The highest BCUT2D eigenvalue weighted by molar-refractivity contribution is 7.18. The van der Waals surface area contributed by atoms with Crippen molar-refractivity contribution in [2.24, 2.45) is 0 Å². The van der Waals surface area contributed by atoms with Crippen LogP contribution in [0.1, 0.15) is 5.56 Å². The monoisotopic (exact) mass is 280 g/mol. The molecule has 0 radical (unpaired) electrons. The van der Waals surface area contributed by atoms with Gasteiger partial charge >= 0.3 is 0 Å². The highest BCUT2D eigenvalue weighted by Crippen LogP contribution is 2.30. The van der Waals surface area contributed by atoms with Gasteiger partial charge in [0, 0.05) is 20.3 Å². The first kappa shape index (κ1) is 13.8. The van der Waals surface area contributed by atoms with Gasteiger partial charge in [0.25, 0.3) is 0 Å². The van der Waals surface area contributed by atoms with Crippen molar-refractivity contribution in [2.75, 3.05) is 19.0 Å². The minimum atomic E-state index is 0.102. The lowest BCUT2D eigenvalue weighted by Crippen LogP contribution is -2.07. The van der Waals surface area contributed by atoms with Gasteiger partial charge in [-0.2, -0.15) is 10.5 Å². The molecule has 1 heterocycles. The van der Waals surface area contributed by atoms with Gasteiger partial charge in [-0.3, -0.25) is 0 Å². The molecule has 0 atom stereocenters. The second-order valence-corrected chi connectivity index (χ2v) is 5.31. The maximum atomic E-state index is 8.72. The van der Waals surface area contributed by atoms with Crippen molar-refractivity contribution < 1.29 is 0 Å². The number of rotatable bonds is 3. The normalized spacial score (nSPS) is 9.40. The van der Waals surface area contributed by atoms with Crippen molar-refractivity contribution in [1.82, 2.24) is 4.98 Å². The van der Waals surface area contributed by atoms with E-state index in [1.165, 1.54) is 0 Å². The van der Waals surface area contributed by atoms with Crippen LogP contribution in [-0.2, 0) is 0 Å². The molecule has 20 heavy (non-hydrogen) atoms. The van der Waals surface area contributed by atoms with Crippen LogP contribution in [0.4, 0.5) is 5.13 Å². The Labute approximate surface area is 121 Å². The molecule has 0 aliphatic rings. The predicted octanol–water partition coefficient (Wildman–Crippen LogP) is 3.31. The van der Waals surface area contributed by atoms with Gasteiger partial charge in [0.05, 0.1) is 4.88 Å². The molecule has 5 heteroatoms. The first-order valence-electron chi connectivity index (χ1n) is 5.89. The topological polar surface area (TPSA) is 63.7 Å². The van der Waals surface area contributed by atoms with Crippen LogP contribution in [-0.4, -0.2) is 19.1 Å². The van der Waals surface area contributed by atoms with Crippen LogP contribution in [0.25, 0.3) is 16.5 Å². The highest BCUT2D eigenvalue weighted by Gasteiger charge is 2.05. The Morgan fingerprint density at radius 1 is 1.20 bits per heavy atom. The van der Waals surface area contributed by atoms with E-state index in [9.17, 15) is 0 Å². The van der Waals surface area contributed by atoms with Gasteiger partial charge in [-0.05, 0) is 17.2 Å². The summed E-state index contributed by atoms with van der Waals surface area (Å²) < 4.78 is 0. The van der Waals surface area contributed by atoms with Crippen LogP contribution in [0.2, 0.25) is 0 Å². The van der Waals surface area contributed by atoms with E-state index < -0.39 is 0 Å². The predicted molar refractivity (Wildman–Crippen MR) is 81.1 cm³/mol. The van der Waals surface area contributed by atoms with Crippen molar-refractivity contribution in [3.05, 3.63) is 41.6 Å². The highest BCUT2D eigenvalue weighted by atomic mass is 32.1. The second-order valence-electron chi connectivity index (χ2n) is 4.31. The Balaban J connectivity index is 2.26. The number of allylic oxidation sites excluding steroid dienone is 1. The van der Waals surface area contributed by atoms with Crippen molar-refractivity contribution in [1.29, 1.82) is 10.5 Å². The largest absolute Gasteiger partial charge is 0.354 e. The first-order valence-corrected chi connectivity index (χ1v) is 6.71. The van der Waals surface area contributed by atoms with E-state index >= 15 is 0 Å². The minimum Gasteiger partial charge on any atom is -0.354 e. The third-order valence-corrected chi connectivity index (χ3v) is 3.84. The van der Waals surface area contributed by atoms with E-state index in [0.717, 1.165) is 21.1 Å². The minimum absolute atomic E-state index is 0.102. The Bertz CT molecular complexity index is 696. The van der Waals surface area contributed by atoms with Gasteiger partial charge in [0.2, 0.25) is 0 Å².